The van der Waals surface area contributed by atoms with Crippen LogP contribution >= 0.6 is 11.6 Å². The van der Waals surface area contributed by atoms with Crippen molar-refractivity contribution in [1.29, 1.82) is 0 Å². The van der Waals surface area contributed by atoms with Gasteiger partial charge in [0.25, 0.3) is 10.0 Å². The van der Waals surface area contributed by atoms with Crippen molar-refractivity contribution in [2.45, 2.75) is 18.4 Å². The summed E-state index contributed by atoms with van der Waals surface area (Å²) in [5.74, 6) is -0.279. The number of sulfonamides is 1. The Bertz CT molecular complexity index is 984. The molecule has 5 nitrogen and oxygen atoms in total. The lowest BCUT2D eigenvalue weighted by atomic mass is 10.2. The van der Waals surface area contributed by atoms with Crippen molar-refractivity contribution in [3.05, 3.63) is 76.7 Å². The van der Waals surface area contributed by atoms with E-state index >= 15 is 0 Å². The molecule has 130 valence electrons. The molecule has 0 saturated heterocycles. The summed E-state index contributed by atoms with van der Waals surface area (Å²) in [6.45, 7) is 2.21. The number of hydrogen-bond donors (Lipinski definition) is 1. The maximum absolute atomic E-state index is 12.9. The summed E-state index contributed by atoms with van der Waals surface area (Å²) in [6, 6.07) is 12.4. The molecule has 0 aliphatic heterocycles. The highest BCUT2D eigenvalue weighted by Gasteiger charge is 2.18. The zero-order chi connectivity index (χ0) is 18.0. The number of hydrogen-bond acceptors (Lipinski definition) is 3. The fraction of sp³-hybridized carbons (Fsp3) is 0.118. The lowest BCUT2D eigenvalue weighted by molar-refractivity contribution is 0.600. The number of nitrogens with one attached hydrogen (secondary N) is 1. The molecule has 8 heteroatoms. The number of rotatable bonds is 5. The van der Waals surface area contributed by atoms with Gasteiger partial charge in [-0.3, -0.25) is 9.40 Å². The monoisotopic (exact) mass is 379 g/mol. The predicted octanol–water partition coefficient (Wildman–Crippen LogP) is 3.83. The highest BCUT2D eigenvalue weighted by atomic mass is 35.5. The first kappa shape index (κ1) is 17.4. The summed E-state index contributed by atoms with van der Waals surface area (Å²) < 4.78 is 41.6. The first-order valence-corrected chi connectivity index (χ1v) is 9.26. The number of halogens is 2. The Morgan fingerprint density at radius 2 is 1.76 bits per heavy atom. The molecule has 2 aromatic carbocycles. The van der Waals surface area contributed by atoms with Gasteiger partial charge in [0.15, 0.2) is 5.82 Å². The third kappa shape index (κ3) is 4.18. The van der Waals surface area contributed by atoms with Crippen molar-refractivity contribution in [1.82, 2.24) is 9.78 Å². The van der Waals surface area contributed by atoms with Crippen LogP contribution in [0, 0.1) is 12.7 Å². The van der Waals surface area contributed by atoms with Crippen molar-refractivity contribution in [3.8, 4) is 0 Å². The van der Waals surface area contributed by atoms with Crippen molar-refractivity contribution in [2.24, 2.45) is 0 Å². The van der Waals surface area contributed by atoms with E-state index in [9.17, 15) is 12.8 Å². The summed E-state index contributed by atoms with van der Waals surface area (Å²) in [6.07, 6.45) is 1.51. The molecule has 1 N–H and O–H groups in total. The Morgan fingerprint density at radius 1 is 1.12 bits per heavy atom. The van der Waals surface area contributed by atoms with Crippen LogP contribution in [0.4, 0.5) is 10.2 Å². The molecule has 0 fully saturated rings. The molecule has 25 heavy (non-hydrogen) atoms. The SMILES string of the molecule is Cc1ccc(S(=O)(=O)Nc2nn(Cc3ccc(F)cc3)cc2Cl)cc1. The Hall–Kier alpha value is -2.38. The minimum absolute atomic E-state index is 0.0457. The summed E-state index contributed by atoms with van der Waals surface area (Å²) >= 11 is 6.08. The number of aromatic nitrogens is 2. The van der Waals surface area contributed by atoms with E-state index in [4.69, 9.17) is 11.6 Å². The molecular formula is C17H15ClFN3O2S. The number of nitrogens with zero attached hydrogens (tertiary/aromatic N) is 2. The topological polar surface area (TPSA) is 64.0 Å². The van der Waals surface area contributed by atoms with E-state index in [1.165, 1.54) is 35.1 Å². The maximum atomic E-state index is 12.9. The zero-order valence-electron chi connectivity index (χ0n) is 13.3. The number of benzene rings is 2. The van der Waals surface area contributed by atoms with Gasteiger partial charge in [0.05, 0.1) is 11.4 Å². The molecule has 0 aliphatic rings. The van der Waals surface area contributed by atoms with E-state index in [1.54, 1.807) is 24.3 Å². The Labute approximate surface area is 150 Å². The second-order valence-corrected chi connectivity index (χ2v) is 7.66. The Morgan fingerprint density at radius 3 is 2.40 bits per heavy atom. The average molecular weight is 380 g/mol. The molecule has 1 heterocycles. The lowest BCUT2D eigenvalue weighted by Gasteiger charge is -2.06. The van der Waals surface area contributed by atoms with E-state index in [0.29, 0.717) is 6.54 Å². The maximum Gasteiger partial charge on any atom is 0.263 e. The van der Waals surface area contributed by atoms with Gasteiger partial charge in [-0.2, -0.15) is 5.10 Å². The second kappa shape index (κ2) is 6.85. The van der Waals surface area contributed by atoms with Crippen LogP contribution in [-0.4, -0.2) is 18.2 Å². The van der Waals surface area contributed by atoms with Crippen molar-refractivity contribution in [2.75, 3.05) is 4.72 Å². The van der Waals surface area contributed by atoms with Crippen LogP contribution in [0.1, 0.15) is 11.1 Å². The lowest BCUT2D eigenvalue weighted by Crippen LogP contribution is -2.14. The summed E-state index contributed by atoms with van der Waals surface area (Å²) in [4.78, 5) is 0.127. The van der Waals surface area contributed by atoms with Crippen LogP contribution in [0.25, 0.3) is 0 Å². The van der Waals surface area contributed by atoms with Crippen molar-refractivity contribution < 1.29 is 12.8 Å². The molecule has 0 radical (unpaired) electrons. The molecule has 3 rings (SSSR count). The number of aryl methyl sites for hydroxylation is 1. The highest BCUT2D eigenvalue weighted by Crippen LogP contribution is 2.23. The third-order valence-corrected chi connectivity index (χ3v) is 5.17. The quantitative estimate of drug-likeness (QED) is 0.732. The second-order valence-electron chi connectivity index (χ2n) is 5.57. The largest absolute Gasteiger partial charge is 0.265 e. The average Bonchev–Trinajstić information content (AvgIpc) is 2.89. The molecule has 0 bridgehead atoms. The fourth-order valence-corrected chi connectivity index (χ4v) is 3.50. The van der Waals surface area contributed by atoms with Gasteiger partial charge in [0.2, 0.25) is 0 Å². The molecule has 1 aromatic heterocycles. The van der Waals surface area contributed by atoms with E-state index in [2.05, 4.69) is 9.82 Å². The first-order chi connectivity index (χ1) is 11.8. The Balaban J connectivity index is 1.80. The van der Waals surface area contributed by atoms with Gasteiger partial charge >= 0.3 is 0 Å². The van der Waals surface area contributed by atoms with Crippen LogP contribution in [0.2, 0.25) is 5.02 Å². The van der Waals surface area contributed by atoms with Gasteiger partial charge in [-0.1, -0.05) is 41.4 Å². The van der Waals surface area contributed by atoms with Gasteiger partial charge < -0.3 is 0 Å². The normalized spacial score (nSPS) is 11.5. The Kier molecular flexibility index (Phi) is 4.78. The van der Waals surface area contributed by atoms with Gasteiger partial charge in [-0.15, -0.1) is 0 Å². The van der Waals surface area contributed by atoms with Crippen LogP contribution < -0.4 is 4.72 Å². The molecular weight excluding hydrogens is 365 g/mol. The van der Waals surface area contributed by atoms with Crippen LogP contribution in [0.15, 0.2) is 59.6 Å². The predicted molar refractivity (Wildman–Crippen MR) is 94.7 cm³/mol. The molecule has 0 spiro atoms. The molecule has 0 amide bonds. The summed E-state index contributed by atoms with van der Waals surface area (Å²) in [5.41, 5.74) is 1.77. The zero-order valence-corrected chi connectivity index (χ0v) is 14.9. The third-order valence-electron chi connectivity index (χ3n) is 3.54. The molecule has 3 aromatic rings. The highest BCUT2D eigenvalue weighted by molar-refractivity contribution is 7.92. The minimum atomic E-state index is -3.78. The van der Waals surface area contributed by atoms with E-state index < -0.39 is 10.0 Å². The standard InChI is InChI=1S/C17H15ClFN3O2S/c1-12-2-8-15(9-3-12)25(23,24)21-17-16(18)11-22(20-17)10-13-4-6-14(19)7-5-13/h2-9,11H,10H2,1H3,(H,20,21). The van der Waals surface area contributed by atoms with E-state index in [-0.39, 0.29) is 21.6 Å². The molecule has 0 aliphatic carbocycles. The van der Waals surface area contributed by atoms with Gasteiger partial charge in [0.1, 0.15) is 10.8 Å². The minimum Gasteiger partial charge on any atom is -0.265 e. The fourth-order valence-electron chi connectivity index (χ4n) is 2.23. The van der Waals surface area contributed by atoms with E-state index in [0.717, 1.165) is 11.1 Å². The molecule has 0 saturated carbocycles. The van der Waals surface area contributed by atoms with E-state index in [1.807, 2.05) is 6.92 Å². The summed E-state index contributed by atoms with van der Waals surface area (Å²) in [7, 11) is -3.78. The van der Waals surface area contributed by atoms with Gasteiger partial charge in [0, 0.05) is 6.20 Å². The molecule has 0 atom stereocenters. The van der Waals surface area contributed by atoms with Gasteiger partial charge in [-0.05, 0) is 36.8 Å². The first-order valence-electron chi connectivity index (χ1n) is 7.40. The van der Waals surface area contributed by atoms with Crippen molar-refractivity contribution in [3.63, 3.8) is 0 Å². The van der Waals surface area contributed by atoms with Crippen molar-refractivity contribution >= 4 is 27.4 Å². The van der Waals surface area contributed by atoms with Crippen LogP contribution in [0.5, 0.6) is 0 Å². The van der Waals surface area contributed by atoms with Gasteiger partial charge in [-0.25, -0.2) is 12.8 Å². The van der Waals surface area contributed by atoms with Crippen LogP contribution in [0.3, 0.4) is 0 Å². The van der Waals surface area contributed by atoms with Crippen LogP contribution in [-0.2, 0) is 16.6 Å². The number of anilines is 1. The molecule has 0 unspecified atom stereocenters. The summed E-state index contributed by atoms with van der Waals surface area (Å²) in [5, 5.41) is 4.33. The smallest absolute Gasteiger partial charge is 0.263 e.